The van der Waals surface area contributed by atoms with Crippen LogP contribution in [-0.2, 0) is 0 Å². The van der Waals surface area contributed by atoms with E-state index < -0.39 is 0 Å². The fraction of sp³-hybridized carbons (Fsp3) is 0.294. The first-order valence-electron chi connectivity index (χ1n) is 8.17. The first kappa shape index (κ1) is 17.4. The van der Waals surface area contributed by atoms with Gasteiger partial charge in [0.25, 0.3) is 5.56 Å². The van der Waals surface area contributed by atoms with Crippen molar-refractivity contribution in [2.24, 2.45) is 0 Å². The average molecular weight is 404 g/mol. The van der Waals surface area contributed by atoms with E-state index in [2.05, 4.69) is 39.0 Å². The van der Waals surface area contributed by atoms with E-state index in [0.717, 1.165) is 21.1 Å². The van der Waals surface area contributed by atoms with E-state index >= 15 is 0 Å². The summed E-state index contributed by atoms with van der Waals surface area (Å²) >= 11 is 4.60. The Morgan fingerprint density at radius 2 is 2.00 bits per heavy atom. The summed E-state index contributed by atoms with van der Waals surface area (Å²) in [6.45, 7) is 6.12. The Morgan fingerprint density at radius 1 is 1.15 bits per heavy atom. The molecule has 6 nitrogen and oxygen atoms in total. The Balaban J connectivity index is 1.65. The lowest BCUT2D eigenvalue weighted by atomic mass is 10.2. The quantitative estimate of drug-likeness (QED) is 0.467. The average Bonchev–Trinajstić information content (AvgIpc) is 3.34. The monoisotopic (exact) mass is 403 g/mol. The summed E-state index contributed by atoms with van der Waals surface area (Å²) < 4.78 is 0. The number of aromatic amines is 2. The Kier molecular flexibility index (Phi) is 4.68. The van der Waals surface area contributed by atoms with Gasteiger partial charge in [0.05, 0.1) is 10.6 Å². The number of nitrogens with one attached hydrogen (secondary N) is 2. The predicted molar refractivity (Wildman–Crippen MR) is 108 cm³/mol. The Bertz CT molecular complexity index is 1090. The van der Waals surface area contributed by atoms with Crippen LogP contribution >= 0.6 is 34.4 Å². The molecular formula is C17H17N5OS3. The van der Waals surface area contributed by atoms with Gasteiger partial charge in [-0.05, 0) is 18.4 Å². The van der Waals surface area contributed by atoms with Crippen molar-refractivity contribution >= 4 is 44.7 Å². The summed E-state index contributed by atoms with van der Waals surface area (Å²) in [5.74, 6) is 1.79. The standard InChI is InChI=1S/C17H17N5OS3/c1-8(2)13-20-17(22-21-13)26-9(3)14-18-15(23)12-10(7-25-16(12)19-14)11-5-4-6-24-11/h4-9H,1-3H3,(H,18,19,23)(H,20,21,22). The molecule has 4 rings (SSSR count). The molecule has 0 aromatic carbocycles. The fourth-order valence-corrected chi connectivity index (χ4v) is 5.11. The summed E-state index contributed by atoms with van der Waals surface area (Å²) in [7, 11) is 0. The fourth-order valence-electron chi connectivity index (χ4n) is 2.55. The molecule has 0 aliphatic heterocycles. The van der Waals surface area contributed by atoms with Crippen LogP contribution in [0.4, 0.5) is 0 Å². The van der Waals surface area contributed by atoms with Gasteiger partial charge in [0.1, 0.15) is 16.5 Å². The van der Waals surface area contributed by atoms with Crippen LogP contribution in [0.2, 0.25) is 0 Å². The van der Waals surface area contributed by atoms with E-state index in [4.69, 9.17) is 0 Å². The number of fused-ring (bicyclic) bond motifs is 1. The largest absolute Gasteiger partial charge is 0.309 e. The van der Waals surface area contributed by atoms with Gasteiger partial charge in [-0.3, -0.25) is 9.89 Å². The molecule has 0 fully saturated rings. The third-order valence-corrected chi connectivity index (χ3v) is 6.69. The number of thioether (sulfide) groups is 1. The Labute approximate surface area is 162 Å². The lowest BCUT2D eigenvalue weighted by molar-refractivity contribution is 0.780. The first-order valence-corrected chi connectivity index (χ1v) is 10.8. The summed E-state index contributed by atoms with van der Waals surface area (Å²) in [4.78, 5) is 26.7. The third-order valence-electron chi connectivity index (χ3n) is 3.95. The van der Waals surface area contributed by atoms with Crippen LogP contribution in [0, 0.1) is 0 Å². The maximum atomic E-state index is 12.7. The molecular weight excluding hydrogens is 386 g/mol. The number of H-pyrrole nitrogens is 2. The zero-order valence-electron chi connectivity index (χ0n) is 14.4. The highest BCUT2D eigenvalue weighted by Crippen LogP contribution is 2.35. The van der Waals surface area contributed by atoms with Crippen molar-refractivity contribution in [1.29, 1.82) is 0 Å². The Morgan fingerprint density at radius 3 is 2.69 bits per heavy atom. The predicted octanol–water partition coefficient (Wildman–Crippen LogP) is 4.81. The maximum absolute atomic E-state index is 12.7. The normalized spacial score (nSPS) is 12.9. The van der Waals surface area contributed by atoms with Gasteiger partial charge in [0.2, 0.25) is 5.16 Å². The van der Waals surface area contributed by atoms with E-state index in [1.807, 2.05) is 29.8 Å². The topological polar surface area (TPSA) is 87.3 Å². The van der Waals surface area contributed by atoms with Crippen LogP contribution in [0.15, 0.2) is 32.8 Å². The number of rotatable bonds is 5. The lowest BCUT2D eigenvalue weighted by Gasteiger charge is -2.08. The second kappa shape index (κ2) is 6.98. The molecule has 0 aliphatic carbocycles. The molecule has 1 unspecified atom stereocenters. The van der Waals surface area contributed by atoms with Crippen molar-refractivity contribution in [2.45, 2.75) is 37.1 Å². The molecule has 26 heavy (non-hydrogen) atoms. The lowest BCUT2D eigenvalue weighted by Crippen LogP contribution is -2.12. The van der Waals surface area contributed by atoms with Gasteiger partial charge in [-0.2, -0.15) is 0 Å². The molecule has 0 aliphatic rings. The van der Waals surface area contributed by atoms with Crippen LogP contribution in [0.25, 0.3) is 20.7 Å². The highest BCUT2D eigenvalue weighted by molar-refractivity contribution is 7.99. The SMILES string of the molecule is CC(C)c1nc(SC(C)c2nc3scc(-c4cccs4)c3c(=O)[nH]2)n[nH]1. The van der Waals surface area contributed by atoms with Crippen LogP contribution in [0.5, 0.6) is 0 Å². The third kappa shape index (κ3) is 3.22. The molecule has 9 heteroatoms. The van der Waals surface area contributed by atoms with E-state index in [1.165, 1.54) is 23.1 Å². The molecule has 0 spiro atoms. The van der Waals surface area contributed by atoms with Crippen molar-refractivity contribution in [1.82, 2.24) is 25.1 Å². The first-order chi connectivity index (χ1) is 12.5. The highest BCUT2D eigenvalue weighted by atomic mass is 32.2. The van der Waals surface area contributed by atoms with Crippen molar-refractivity contribution in [3.8, 4) is 10.4 Å². The molecule has 4 aromatic rings. The van der Waals surface area contributed by atoms with E-state index in [1.54, 1.807) is 11.3 Å². The molecule has 0 saturated heterocycles. The molecule has 0 saturated carbocycles. The molecule has 134 valence electrons. The smallest absolute Gasteiger partial charge is 0.260 e. The van der Waals surface area contributed by atoms with Gasteiger partial charge in [-0.1, -0.05) is 31.7 Å². The molecule has 0 bridgehead atoms. The van der Waals surface area contributed by atoms with Crippen LogP contribution < -0.4 is 5.56 Å². The van der Waals surface area contributed by atoms with Crippen LogP contribution in [0.1, 0.15) is 43.6 Å². The zero-order chi connectivity index (χ0) is 18.3. The number of nitrogens with zero attached hydrogens (tertiary/aromatic N) is 3. The summed E-state index contributed by atoms with van der Waals surface area (Å²) in [5, 5.41) is 12.5. The van der Waals surface area contributed by atoms with Crippen molar-refractivity contribution in [2.75, 3.05) is 0 Å². The maximum Gasteiger partial charge on any atom is 0.260 e. The molecule has 0 amide bonds. The summed E-state index contributed by atoms with van der Waals surface area (Å²) in [6, 6.07) is 4.01. The molecule has 4 heterocycles. The summed E-state index contributed by atoms with van der Waals surface area (Å²) in [5.41, 5.74) is 0.858. The van der Waals surface area contributed by atoms with E-state index in [-0.39, 0.29) is 10.8 Å². The van der Waals surface area contributed by atoms with Gasteiger partial charge in [0.15, 0.2) is 0 Å². The molecule has 2 N–H and O–H groups in total. The minimum atomic E-state index is -0.0973. The second-order valence-corrected chi connectivity index (χ2v) is 9.29. The highest BCUT2D eigenvalue weighted by Gasteiger charge is 2.18. The van der Waals surface area contributed by atoms with Crippen molar-refractivity contribution in [3.63, 3.8) is 0 Å². The zero-order valence-corrected chi connectivity index (χ0v) is 16.9. The minimum absolute atomic E-state index is 0.0600. The van der Waals surface area contributed by atoms with Crippen LogP contribution in [0.3, 0.4) is 0 Å². The van der Waals surface area contributed by atoms with Gasteiger partial charge in [-0.25, -0.2) is 9.97 Å². The van der Waals surface area contributed by atoms with Gasteiger partial charge in [0, 0.05) is 21.7 Å². The minimum Gasteiger partial charge on any atom is -0.309 e. The van der Waals surface area contributed by atoms with E-state index in [9.17, 15) is 4.79 Å². The Hall–Kier alpha value is -1.97. The van der Waals surface area contributed by atoms with Gasteiger partial charge < -0.3 is 4.98 Å². The number of hydrogen-bond donors (Lipinski definition) is 2. The summed E-state index contributed by atoms with van der Waals surface area (Å²) in [6.07, 6.45) is 0. The number of hydrogen-bond acceptors (Lipinski definition) is 7. The number of thiophene rings is 2. The van der Waals surface area contributed by atoms with Crippen molar-refractivity contribution < 1.29 is 0 Å². The van der Waals surface area contributed by atoms with Crippen LogP contribution in [-0.4, -0.2) is 25.1 Å². The van der Waals surface area contributed by atoms with Gasteiger partial charge >= 0.3 is 0 Å². The van der Waals surface area contributed by atoms with E-state index in [0.29, 0.717) is 22.3 Å². The molecule has 0 radical (unpaired) electrons. The van der Waals surface area contributed by atoms with Gasteiger partial charge in [-0.15, -0.1) is 27.8 Å². The number of aromatic nitrogens is 5. The molecule has 1 atom stereocenters. The second-order valence-electron chi connectivity index (χ2n) is 6.18. The van der Waals surface area contributed by atoms with Crippen molar-refractivity contribution in [3.05, 3.63) is 44.9 Å². The molecule has 4 aromatic heterocycles.